The maximum absolute atomic E-state index is 11.1. The van der Waals surface area contributed by atoms with Gasteiger partial charge in [0.2, 0.25) is 5.91 Å². The van der Waals surface area contributed by atoms with Gasteiger partial charge in [-0.25, -0.2) is 4.98 Å². The third-order valence-corrected chi connectivity index (χ3v) is 5.16. The fourth-order valence-corrected chi connectivity index (χ4v) is 3.46. The Labute approximate surface area is 127 Å². The molecule has 6 heteroatoms. The first-order valence-electron chi connectivity index (χ1n) is 6.62. The Morgan fingerprint density at radius 1 is 1.50 bits per heavy atom. The number of aryl methyl sites for hydroxylation is 1. The molecule has 1 unspecified atom stereocenters. The number of amides is 1. The first kappa shape index (κ1) is 15.2. The van der Waals surface area contributed by atoms with Crippen LogP contribution in [0.4, 0.5) is 5.69 Å². The highest BCUT2D eigenvalue weighted by Gasteiger charge is 2.11. The molecule has 2 aromatic rings. The fourth-order valence-electron chi connectivity index (χ4n) is 1.80. The van der Waals surface area contributed by atoms with Crippen LogP contribution in [0.15, 0.2) is 17.6 Å². The minimum Gasteiger partial charge on any atom is -0.325 e. The van der Waals surface area contributed by atoms with Crippen molar-refractivity contribution in [2.75, 3.05) is 5.32 Å². The van der Waals surface area contributed by atoms with Crippen LogP contribution in [0.25, 0.3) is 0 Å². The predicted octanol–water partition coefficient (Wildman–Crippen LogP) is 3.58. The Morgan fingerprint density at radius 2 is 2.30 bits per heavy atom. The smallest absolute Gasteiger partial charge is 0.221 e. The van der Waals surface area contributed by atoms with E-state index >= 15 is 0 Å². The van der Waals surface area contributed by atoms with Crippen molar-refractivity contribution < 1.29 is 4.79 Å². The molecule has 0 fully saturated rings. The first-order valence-corrected chi connectivity index (χ1v) is 8.31. The molecule has 0 bridgehead atoms. The number of thiophene rings is 1. The van der Waals surface area contributed by atoms with Crippen LogP contribution in [0.5, 0.6) is 0 Å². The van der Waals surface area contributed by atoms with Gasteiger partial charge in [-0.15, -0.1) is 22.7 Å². The number of nitrogens with zero attached hydrogens (tertiary/aromatic N) is 1. The summed E-state index contributed by atoms with van der Waals surface area (Å²) in [5.74, 6) is -0.0368. The van der Waals surface area contributed by atoms with E-state index in [1.54, 1.807) is 22.7 Å². The van der Waals surface area contributed by atoms with Crippen LogP contribution in [0.2, 0.25) is 0 Å². The lowest BCUT2D eigenvalue weighted by Crippen LogP contribution is -2.18. The highest BCUT2D eigenvalue weighted by atomic mass is 32.1. The summed E-state index contributed by atoms with van der Waals surface area (Å²) in [6.07, 6.45) is 2.98. The molecule has 0 aliphatic heterocycles. The van der Waals surface area contributed by atoms with Crippen molar-refractivity contribution in [2.24, 2.45) is 0 Å². The number of anilines is 1. The normalized spacial score (nSPS) is 12.3. The molecule has 2 rings (SSSR count). The lowest BCUT2D eigenvalue weighted by Gasteiger charge is -2.11. The molecule has 0 saturated heterocycles. The van der Waals surface area contributed by atoms with Gasteiger partial charge in [-0.1, -0.05) is 6.92 Å². The van der Waals surface area contributed by atoms with Crippen molar-refractivity contribution in [2.45, 2.75) is 39.8 Å². The molecule has 0 aliphatic carbocycles. The van der Waals surface area contributed by atoms with Crippen molar-refractivity contribution in [1.82, 2.24) is 10.3 Å². The van der Waals surface area contributed by atoms with E-state index in [1.807, 2.05) is 17.6 Å². The average molecular weight is 309 g/mol. The lowest BCUT2D eigenvalue weighted by molar-refractivity contribution is -0.114. The molecule has 4 nitrogen and oxygen atoms in total. The van der Waals surface area contributed by atoms with E-state index in [9.17, 15) is 4.79 Å². The van der Waals surface area contributed by atoms with E-state index in [4.69, 9.17) is 0 Å². The van der Waals surface area contributed by atoms with Gasteiger partial charge in [0.1, 0.15) is 5.01 Å². The van der Waals surface area contributed by atoms with Gasteiger partial charge in [0.25, 0.3) is 0 Å². The summed E-state index contributed by atoms with van der Waals surface area (Å²) in [5.41, 5.74) is 0.899. The highest BCUT2D eigenvalue weighted by molar-refractivity contribution is 7.11. The molecule has 2 N–H and O–H groups in total. The van der Waals surface area contributed by atoms with E-state index in [-0.39, 0.29) is 11.9 Å². The van der Waals surface area contributed by atoms with Crippen LogP contribution in [-0.4, -0.2) is 10.9 Å². The maximum Gasteiger partial charge on any atom is 0.221 e. The SMILES string of the molecule is CCc1cnc(C(C)NCc2sccc2NC(C)=O)s1. The van der Waals surface area contributed by atoms with Gasteiger partial charge in [0.15, 0.2) is 0 Å². The number of nitrogens with one attached hydrogen (secondary N) is 2. The average Bonchev–Trinajstić information content (AvgIpc) is 3.04. The molecular weight excluding hydrogens is 290 g/mol. The maximum atomic E-state index is 11.1. The molecule has 0 aromatic carbocycles. The fraction of sp³-hybridized carbons (Fsp3) is 0.429. The summed E-state index contributed by atoms with van der Waals surface area (Å²) >= 11 is 3.40. The summed E-state index contributed by atoms with van der Waals surface area (Å²) in [6, 6.07) is 2.15. The molecule has 0 aliphatic rings. The number of carbonyl (C=O) groups is 1. The first-order chi connectivity index (χ1) is 9.60. The molecule has 1 atom stereocenters. The summed E-state index contributed by atoms with van der Waals surface area (Å²) in [6.45, 7) is 6.51. The number of thiazole rings is 1. The van der Waals surface area contributed by atoms with Gasteiger partial charge in [-0.3, -0.25) is 4.79 Å². The van der Waals surface area contributed by atoms with E-state index < -0.39 is 0 Å². The molecule has 0 radical (unpaired) electrons. The number of hydrogen-bond donors (Lipinski definition) is 2. The monoisotopic (exact) mass is 309 g/mol. The van der Waals surface area contributed by atoms with Gasteiger partial charge in [-0.05, 0) is 24.8 Å². The van der Waals surface area contributed by atoms with Crippen molar-refractivity contribution >= 4 is 34.3 Å². The van der Waals surface area contributed by atoms with Gasteiger partial charge in [0.05, 0.1) is 11.7 Å². The second kappa shape index (κ2) is 6.97. The molecule has 2 heterocycles. The minimum absolute atomic E-state index is 0.0368. The van der Waals surface area contributed by atoms with Crippen LogP contribution in [0.1, 0.15) is 41.6 Å². The number of carbonyl (C=O) groups excluding carboxylic acids is 1. The van der Waals surface area contributed by atoms with Crippen molar-refractivity contribution in [3.05, 3.63) is 32.4 Å². The topological polar surface area (TPSA) is 54.0 Å². The van der Waals surface area contributed by atoms with E-state index in [2.05, 4.69) is 29.5 Å². The Morgan fingerprint density at radius 3 is 2.95 bits per heavy atom. The van der Waals surface area contributed by atoms with Crippen molar-refractivity contribution in [1.29, 1.82) is 0 Å². The third kappa shape index (κ3) is 3.88. The molecular formula is C14H19N3OS2. The third-order valence-electron chi connectivity index (χ3n) is 2.92. The second-order valence-corrected chi connectivity index (χ2v) is 6.71. The van der Waals surface area contributed by atoms with E-state index in [0.717, 1.165) is 28.5 Å². The summed E-state index contributed by atoms with van der Waals surface area (Å²) < 4.78 is 0. The number of rotatable bonds is 6. The van der Waals surface area contributed by atoms with Crippen LogP contribution in [0, 0.1) is 0 Å². The number of hydrogen-bond acceptors (Lipinski definition) is 5. The zero-order valence-corrected chi connectivity index (χ0v) is 13.5. The predicted molar refractivity (Wildman–Crippen MR) is 85.4 cm³/mol. The van der Waals surface area contributed by atoms with Gasteiger partial charge >= 0.3 is 0 Å². The highest BCUT2D eigenvalue weighted by Crippen LogP contribution is 2.24. The quantitative estimate of drug-likeness (QED) is 0.857. The van der Waals surface area contributed by atoms with Crippen LogP contribution in [0.3, 0.4) is 0 Å². The zero-order valence-electron chi connectivity index (χ0n) is 11.9. The standard InChI is InChI=1S/C14H19N3OS2/c1-4-11-7-16-14(20-11)9(2)15-8-13-12(5-6-19-13)17-10(3)18/h5-7,9,15H,4,8H2,1-3H3,(H,17,18). The molecule has 1 amide bonds. The lowest BCUT2D eigenvalue weighted by atomic mass is 10.3. The minimum atomic E-state index is -0.0368. The molecule has 0 saturated carbocycles. The molecule has 2 aromatic heterocycles. The molecule has 108 valence electrons. The summed E-state index contributed by atoms with van der Waals surface area (Å²) in [7, 11) is 0. The van der Waals surface area contributed by atoms with E-state index in [1.165, 1.54) is 11.8 Å². The van der Waals surface area contributed by atoms with Gasteiger partial charge in [0, 0.05) is 29.4 Å². The Kier molecular flexibility index (Phi) is 5.28. The Hall–Kier alpha value is -1.24. The van der Waals surface area contributed by atoms with Crippen molar-refractivity contribution in [3.8, 4) is 0 Å². The Bertz CT molecular complexity index is 576. The van der Waals surface area contributed by atoms with Crippen LogP contribution in [-0.2, 0) is 17.8 Å². The summed E-state index contributed by atoms with van der Waals surface area (Å²) in [5, 5.41) is 9.41. The van der Waals surface area contributed by atoms with Gasteiger partial charge in [-0.2, -0.15) is 0 Å². The summed E-state index contributed by atoms with van der Waals surface area (Å²) in [4.78, 5) is 18.0. The Balaban J connectivity index is 1.94. The van der Waals surface area contributed by atoms with Crippen molar-refractivity contribution in [3.63, 3.8) is 0 Å². The molecule has 0 spiro atoms. The second-order valence-electron chi connectivity index (χ2n) is 4.56. The van der Waals surface area contributed by atoms with Gasteiger partial charge < -0.3 is 10.6 Å². The van der Waals surface area contributed by atoms with Crippen LogP contribution < -0.4 is 10.6 Å². The van der Waals surface area contributed by atoms with E-state index in [0.29, 0.717) is 0 Å². The number of aromatic nitrogens is 1. The zero-order chi connectivity index (χ0) is 14.5. The molecule has 20 heavy (non-hydrogen) atoms. The van der Waals surface area contributed by atoms with Crippen LogP contribution >= 0.6 is 22.7 Å². The largest absolute Gasteiger partial charge is 0.325 e.